The van der Waals surface area contributed by atoms with Gasteiger partial charge >= 0.3 is 12.1 Å². The van der Waals surface area contributed by atoms with E-state index in [1.54, 1.807) is 11.3 Å². The van der Waals surface area contributed by atoms with Gasteiger partial charge in [-0.3, -0.25) is 9.69 Å². The van der Waals surface area contributed by atoms with Crippen molar-refractivity contribution >= 4 is 23.2 Å². The van der Waals surface area contributed by atoms with E-state index in [9.17, 15) is 18.0 Å². The highest BCUT2D eigenvalue weighted by Gasteiger charge is 2.48. The Labute approximate surface area is 183 Å². The number of nitrogens with zero attached hydrogens (tertiary/aromatic N) is 3. The van der Waals surface area contributed by atoms with Crippen molar-refractivity contribution in [1.29, 1.82) is 0 Å². The van der Waals surface area contributed by atoms with E-state index in [-0.39, 0.29) is 18.1 Å². The summed E-state index contributed by atoms with van der Waals surface area (Å²) in [6.07, 6.45) is -2.20. The first kappa shape index (κ1) is 24.0. The van der Waals surface area contributed by atoms with Gasteiger partial charge in [0.05, 0.1) is 24.6 Å². The van der Waals surface area contributed by atoms with Crippen LogP contribution < -0.4 is 0 Å². The number of aliphatic carboxylic acids is 1. The number of carbonyl (C=O) groups is 2. The largest absolute Gasteiger partial charge is 0.490 e. The highest BCUT2D eigenvalue weighted by molar-refractivity contribution is 7.08. The molecule has 0 unspecified atom stereocenters. The van der Waals surface area contributed by atoms with Gasteiger partial charge in [0.25, 0.3) is 0 Å². The molecule has 0 bridgehead atoms. The number of fused-ring (bicyclic) bond motifs is 1. The molecule has 0 spiro atoms. The van der Waals surface area contributed by atoms with Gasteiger partial charge in [0, 0.05) is 39.3 Å². The quantitative estimate of drug-likeness (QED) is 0.739. The predicted octanol–water partition coefficient (Wildman–Crippen LogP) is 1.93. The van der Waals surface area contributed by atoms with E-state index in [0.29, 0.717) is 12.5 Å². The van der Waals surface area contributed by atoms with Gasteiger partial charge in [0.15, 0.2) is 0 Å². The standard InChI is InChI=1S/C18H27N3O2S.C2HF3O2/c1-19-5-7-20(8-6-19)16-12-21(15-3-2-9-23-18(15)16)17(22)11-14-4-10-24-13-14;3-2(4,5)1(6)7/h4,10,13,15-16,18H,2-3,5-9,11-12H2,1H3;(H,6,7)/t15-,16-,18+;/m1./s1. The van der Waals surface area contributed by atoms with Gasteiger partial charge < -0.3 is 19.6 Å². The molecule has 3 aliphatic heterocycles. The number of carbonyl (C=O) groups excluding carboxylic acids is 1. The number of hydrogen-bond donors (Lipinski definition) is 1. The molecule has 0 aromatic carbocycles. The average molecular weight is 464 g/mol. The normalized spacial score (nSPS) is 27.4. The Morgan fingerprint density at radius 3 is 2.48 bits per heavy atom. The lowest BCUT2D eigenvalue weighted by atomic mass is 9.99. The number of piperazine rings is 1. The van der Waals surface area contributed by atoms with Crippen molar-refractivity contribution < 1.29 is 32.6 Å². The molecule has 174 valence electrons. The number of amides is 1. The summed E-state index contributed by atoms with van der Waals surface area (Å²) >= 11 is 1.66. The summed E-state index contributed by atoms with van der Waals surface area (Å²) in [5, 5.41) is 11.3. The van der Waals surface area contributed by atoms with Crippen LogP contribution in [-0.4, -0.2) is 102 Å². The topological polar surface area (TPSA) is 73.3 Å². The molecule has 1 amide bonds. The molecule has 1 aromatic heterocycles. The molecule has 11 heteroatoms. The SMILES string of the molecule is CN1CCN([C@@H]2CN(C(=O)Cc3ccsc3)[C@@H]3CCCO[C@H]23)CC1.O=C(O)C(F)(F)F. The molecule has 3 fully saturated rings. The van der Waals surface area contributed by atoms with Crippen LogP contribution in [0.15, 0.2) is 16.8 Å². The summed E-state index contributed by atoms with van der Waals surface area (Å²) in [6.45, 7) is 6.06. The maximum atomic E-state index is 12.9. The molecule has 4 rings (SSSR count). The zero-order valence-electron chi connectivity index (χ0n) is 17.4. The number of likely N-dealkylation sites (tertiary alicyclic amines) is 1. The van der Waals surface area contributed by atoms with Gasteiger partial charge in [-0.05, 0) is 42.3 Å². The first-order valence-electron chi connectivity index (χ1n) is 10.3. The van der Waals surface area contributed by atoms with Gasteiger partial charge in [-0.2, -0.15) is 24.5 Å². The minimum atomic E-state index is -5.08. The Morgan fingerprint density at radius 1 is 1.23 bits per heavy atom. The second-order valence-electron chi connectivity index (χ2n) is 8.11. The Bertz CT molecular complexity index is 739. The summed E-state index contributed by atoms with van der Waals surface area (Å²) < 4.78 is 37.9. The Morgan fingerprint density at radius 2 is 1.90 bits per heavy atom. The number of rotatable bonds is 3. The van der Waals surface area contributed by atoms with Crippen LogP contribution in [0.5, 0.6) is 0 Å². The molecule has 1 aromatic rings. The summed E-state index contributed by atoms with van der Waals surface area (Å²) in [5.41, 5.74) is 1.14. The number of ether oxygens (including phenoxy) is 1. The molecule has 3 saturated heterocycles. The lowest BCUT2D eigenvalue weighted by Gasteiger charge is -2.39. The summed E-state index contributed by atoms with van der Waals surface area (Å²) in [5.74, 6) is -2.49. The van der Waals surface area contributed by atoms with E-state index >= 15 is 0 Å². The third kappa shape index (κ3) is 6.18. The highest BCUT2D eigenvalue weighted by atomic mass is 32.1. The lowest BCUT2D eigenvalue weighted by Crippen LogP contribution is -2.54. The van der Waals surface area contributed by atoms with Crippen molar-refractivity contribution in [3.05, 3.63) is 22.4 Å². The van der Waals surface area contributed by atoms with Gasteiger partial charge in [-0.25, -0.2) is 4.79 Å². The predicted molar refractivity (Wildman–Crippen MR) is 109 cm³/mol. The van der Waals surface area contributed by atoms with Crippen LogP contribution in [0, 0.1) is 0 Å². The van der Waals surface area contributed by atoms with Crippen molar-refractivity contribution in [1.82, 2.24) is 14.7 Å². The number of halogens is 3. The average Bonchev–Trinajstić information content (AvgIpc) is 3.36. The van der Waals surface area contributed by atoms with Crippen LogP contribution in [0.1, 0.15) is 18.4 Å². The Balaban J connectivity index is 0.000000339. The van der Waals surface area contributed by atoms with Crippen LogP contribution in [-0.2, 0) is 20.7 Å². The molecule has 0 radical (unpaired) electrons. The first-order chi connectivity index (χ1) is 14.7. The minimum Gasteiger partial charge on any atom is -0.475 e. The number of thiophene rings is 1. The first-order valence-corrected chi connectivity index (χ1v) is 11.3. The van der Waals surface area contributed by atoms with E-state index < -0.39 is 12.1 Å². The van der Waals surface area contributed by atoms with Gasteiger partial charge in [-0.1, -0.05) is 0 Å². The molecular weight excluding hydrogens is 435 g/mol. The molecule has 3 atom stereocenters. The van der Waals surface area contributed by atoms with Gasteiger partial charge in [-0.15, -0.1) is 0 Å². The van der Waals surface area contributed by atoms with Crippen molar-refractivity contribution in [2.24, 2.45) is 0 Å². The fourth-order valence-corrected chi connectivity index (χ4v) is 5.03. The molecule has 31 heavy (non-hydrogen) atoms. The molecular formula is C20H28F3N3O4S. The van der Waals surface area contributed by atoms with Crippen molar-refractivity contribution in [3.8, 4) is 0 Å². The van der Waals surface area contributed by atoms with Crippen molar-refractivity contribution in [3.63, 3.8) is 0 Å². The molecule has 7 nitrogen and oxygen atoms in total. The zero-order chi connectivity index (χ0) is 22.6. The number of alkyl halides is 3. The molecule has 1 N–H and O–H groups in total. The maximum Gasteiger partial charge on any atom is 0.490 e. The monoisotopic (exact) mass is 463 g/mol. The third-order valence-corrected chi connectivity index (χ3v) is 6.73. The van der Waals surface area contributed by atoms with Crippen LogP contribution in [0.25, 0.3) is 0 Å². The summed E-state index contributed by atoms with van der Waals surface area (Å²) in [6, 6.07) is 2.70. The zero-order valence-corrected chi connectivity index (χ0v) is 18.2. The molecule has 3 aliphatic rings. The van der Waals surface area contributed by atoms with Gasteiger partial charge in [0.1, 0.15) is 0 Å². The van der Waals surface area contributed by atoms with E-state index in [2.05, 4.69) is 33.2 Å². The molecule has 4 heterocycles. The number of carboxylic acid groups (broad SMARTS) is 1. The van der Waals surface area contributed by atoms with E-state index in [1.165, 1.54) is 0 Å². The van der Waals surface area contributed by atoms with Crippen LogP contribution in [0.4, 0.5) is 13.2 Å². The van der Waals surface area contributed by atoms with Crippen LogP contribution in [0.3, 0.4) is 0 Å². The lowest BCUT2D eigenvalue weighted by molar-refractivity contribution is -0.192. The highest BCUT2D eigenvalue weighted by Crippen LogP contribution is 2.32. The van der Waals surface area contributed by atoms with E-state index in [4.69, 9.17) is 14.6 Å². The second-order valence-corrected chi connectivity index (χ2v) is 8.89. The molecule has 0 saturated carbocycles. The molecule has 0 aliphatic carbocycles. The second kappa shape index (κ2) is 10.3. The number of likely N-dealkylation sites (N-methyl/N-ethyl adjacent to an activating group) is 1. The fourth-order valence-electron chi connectivity index (χ4n) is 4.36. The van der Waals surface area contributed by atoms with E-state index in [0.717, 1.165) is 57.7 Å². The Hall–Kier alpha value is -1.69. The van der Waals surface area contributed by atoms with Crippen LogP contribution >= 0.6 is 11.3 Å². The summed E-state index contributed by atoms with van der Waals surface area (Å²) in [4.78, 5) is 28.9. The number of carboxylic acids is 1. The summed E-state index contributed by atoms with van der Waals surface area (Å²) in [7, 11) is 2.18. The maximum absolute atomic E-state index is 12.9. The van der Waals surface area contributed by atoms with Crippen molar-refractivity contribution in [2.45, 2.75) is 43.6 Å². The minimum absolute atomic E-state index is 0.202. The van der Waals surface area contributed by atoms with Crippen LogP contribution in [0.2, 0.25) is 0 Å². The van der Waals surface area contributed by atoms with Crippen molar-refractivity contribution in [2.75, 3.05) is 46.4 Å². The third-order valence-electron chi connectivity index (χ3n) is 6.00. The number of hydrogen-bond acceptors (Lipinski definition) is 6. The Kier molecular flexibility index (Phi) is 7.95. The fraction of sp³-hybridized carbons (Fsp3) is 0.700. The van der Waals surface area contributed by atoms with Gasteiger partial charge in [0.2, 0.25) is 5.91 Å². The van der Waals surface area contributed by atoms with E-state index in [1.807, 2.05) is 5.38 Å². The smallest absolute Gasteiger partial charge is 0.475 e.